The maximum atomic E-state index is 11.9. The molecule has 0 atom stereocenters. The Hall–Kier alpha value is -2.08. The Kier molecular flexibility index (Phi) is 6.52. The highest BCUT2D eigenvalue weighted by Crippen LogP contribution is 2.15. The number of nitrogen functional groups attached to an aromatic ring is 1. The van der Waals surface area contributed by atoms with Gasteiger partial charge in [0.15, 0.2) is 0 Å². The van der Waals surface area contributed by atoms with Crippen molar-refractivity contribution in [2.45, 2.75) is 13.3 Å². The number of benzene rings is 1. The normalized spacial score (nSPS) is 10.1. The highest BCUT2D eigenvalue weighted by molar-refractivity contribution is 5.97. The Morgan fingerprint density at radius 2 is 2.00 bits per heavy atom. The molecule has 2 amide bonds. The van der Waals surface area contributed by atoms with Gasteiger partial charge in [0.05, 0.1) is 6.61 Å². The van der Waals surface area contributed by atoms with E-state index in [1.807, 2.05) is 0 Å². The molecular formula is C14H21N3O3. The lowest BCUT2D eigenvalue weighted by atomic mass is 10.1. The van der Waals surface area contributed by atoms with Gasteiger partial charge in [-0.25, -0.2) is 0 Å². The van der Waals surface area contributed by atoms with E-state index in [4.69, 9.17) is 10.5 Å². The number of carbonyl (C=O) groups excluding carboxylic acids is 2. The number of ether oxygens (including phenoxy) is 1. The predicted octanol–water partition coefficient (Wildman–Crippen LogP) is 0.460. The molecule has 0 fully saturated rings. The number of nitrogens with two attached hydrogens (primary N) is 1. The van der Waals surface area contributed by atoms with Crippen LogP contribution in [0.25, 0.3) is 0 Å². The van der Waals surface area contributed by atoms with Crippen LogP contribution in [0.2, 0.25) is 0 Å². The van der Waals surface area contributed by atoms with Crippen LogP contribution in [-0.2, 0) is 9.53 Å². The quantitative estimate of drug-likeness (QED) is 0.499. The van der Waals surface area contributed by atoms with Gasteiger partial charge < -0.3 is 21.1 Å². The lowest BCUT2D eigenvalue weighted by Crippen LogP contribution is -2.32. The molecule has 0 radical (unpaired) electrons. The van der Waals surface area contributed by atoms with Crippen molar-refractivity contribution in [3.8, 4) is 0 Å². The van der Waals surface area contributed by atoms with Crippen LogP contribution in [0.4, 0.5) is 5.69 Å². The summed E-state index contributed by atoms with van der Waals surface area (Å²) >= 11 is 0. The Bertz CT molecular complexity index is 475. The molecule has 6 heteroatoms. The van der Waals surface area contributed by atoms with Gasteiger partial charge in [-0.2, -0.15) is 0 Å². The van der Waals surface area contributed by atoms with Gasteiger partial charge in [0, 0.05) is 37.9 Å². The second-order valence-electron chi connectivity index (χ2n) is 4.37. The van der Waals surface area contributed by atoms with E-state index in [1.54, 1.807) is 32.2 Å². The van der Waals surface area contributed by atoms with Crippen molar-refractivity contribution < 1.29 is 14.3 Å². The summed E-state index contributed by atoms with van der Waals surface area (Å²) in [5.74, 6) is -0.342. The largest absolute Gasteiger partial charge is 0.398 e. The molecule has 1 aromatic carbocycles. The van der Waals surface area contributed by atoms with E-state index in [1.165, 1.54) is 0 Å². The minimum atomic E-state index is -0.223. The van der Waals surface area contributed by atoms with Crippen LogP contribution in [0, 0.1) is 6.92 Å². The molecule has 0 bridgehead atoms. The molecule has 0 aliphatic heterocycles. The summed E-state index contributed by atoms with van der Waals surface area (Å²) in [6.07, 6.45) is 0.233. The molecule has 0 saturated heterocycles. The molecule has 6 nitrogen and oxygen atoms in total. The minimum absolute atomic E-state index is 0.119. The summed E-state index contributed by atoms with van der Waals surface area (Å²) in [5.41, 5.74) is 7.60. The molecule has 0 aliphatic rings. The monoisotopic (exact) mass is 279 g/mol. The topological polar surface area (TPSA) is 93.5 Å². The fraction of sp³-hybridized carbons (Fsp3) is 0.429. The van der Waals surface area contributed by atoms with Crippen LogP contribution in [0.15, 0.2) is 18.2 Å². The number of methoxy groups -OCH3 is 1. The molecule has 0 unspecified atom stereocenters. The van der Waals surface area contributed by atoms with E-state index < -0.39 is 0 Å². The number of hydrogen-bond acceptors (Lipinski definition) is 4. The van der Waals surface area contributed by atoms with Crippen molar-refractivity contribution in [3.63, 3.8) is 0 Å². The smallest absolute Gasteiger partial charge is 0.251 e. The first-order chi connectivity index (χ1) is 9.56. The van der Waals surface area contributed by atoms with Crippen LogP contribution >= 0.6 is 0 Å². The minimum Gasteiger partial charge on any atom is -0.398 e. The van der Waals surface area contributed by atoms with Gasteiger partial charge in [0.2, 0.25) is 5.91 Å². The summed E-state index contributed by atoms with van der Waals surface area (Å²) in [5, 5.41) is 5.38. The van der Waals surface area contributed by atoms with Crippen LogP contribution in [0.1, 0.15) is 22.3 Å². The van der Waals surface area contributed by atoms with Crippen molar-refractivity contribution in [1.82, 2.24) is 10.6 Å². The van der Waals surface area contributed by atoms with Gasteiger partial charge in [-0.1, -0.05) is 6.07 Å². The van der Waals surface area contributed by atoms with Gasteiger partial charge in [-0.3, -0.25) is 9.59 Å². The SMILES string of the molecule is COCCNC(=O)CCNC(=O)c1cccc(N)c1C. The number of hydrogen-bond donors (Lipinski definition) is 3. The molecule has 0 aromatic heterocycles. The van der Waals surface area contributed by atoms with E-state index in [0.717, 1.165) is 5.56 Å². The molecule has 4 N–H and O–H groups in total. The van der Waals surface area contributed by atoms with Crippen LogP contribution in [0.5, 0.6) is 0 Å². The molecule has 20 heavy (non-hydrogen) atoms. The number of anilines is 1. The molecule has 1 rings (SSSR count). The number of rotatable bonds is 7. The maximum absolute atomic E-state index is 11.9. The average Bonchev–Trinajstić information content (AvgIpc) is 2.42. The van der Waals surface area contributed by atoms with E-state index in [2.05, 4.69) is 10.6 Å². The number of carbonyl (C=O) groups is 2. The first-order valence-electron chi connectivity index (χ1n) is 6.45. The molecule has 110 valence electrons. The van der Waals surface area contributed by atoms with Crippen LogP contribution < -0.4 is 16.4 Å². The zero-order chi connectivity index (χ0) is 15.0. The standard InChI is InChI=1S/C14H21N3O3/c1-10-11(4-3-5-12(10)15)14(19)17-7-6-13(18)16-8-9-20-2/h3-5H,6-9,15H2,1-2H3,(H,16,18)(H,17,19). The Morgan fingerprint density at radius 1 is 1.25 bits per heavy atom. The highest BCUT2D eigenvalue weighted by atomic mass is 16.5. The van der Waals surface area contributed by atoms with E-state index >= 15 is 0 Å². The third kappa shape index (κ3) is 4.89. The fourth-order valence-electron chi connectivity index (χ4n) is 1.67. The van der Waals surface area contributed by atoms with Crippen molar-refractivity contribution in [2.24, 2.45) is 0 Å². The summed E-state index contributed by atoms with van der Waals surface area (Å²) in [4.78, 5) is 23.4. The predicted molar refractivity (Wildman–Crippen MR) is 77.4 cm³/mol. The van der Waals surface area contributed by atoms with Gasteiger partial charge in [-0.05, 0) is 24.6 Å². The van der Waals surface area contributed by atoms with Crippen molar-refractivity contribution in [1.29, 1.82) is 0 Å². The third-order valence-electron chi connectivity index (χ3n) is 2.89. The summed E-state index contributed by atoms with van der Waals surface area (Å²) in [7, 11) is 1.57. The lowest BCUT2D eigenvalue weighted by Gasteiger charge is -2.09. The summed E-state index contributed by atoms with van der Waals surface area (Å²) in [6.45, 7) is 3.02. The summed E-state index contributed by atoms with van der Waals surface area (Å²) < 4.78 is 4.82. The Morgan fingerprint density at radius 3 is 2.70 bits per heavy atom. The molecule has 0 spiro atoms. The van der Waals surface area contributed by atoms with E-state index in [9.17, 15) is 9.59 Å². The van der Waals surface area contributed by atoms with Crippen molar-refractivity contribution in [3.05, 3.63) is 29.3 Å². The van der Waals surface area contributed by atoms with Gasteiger partial charge >= 0.3 is 0 Å². The van der Waals surface area contributed by atoms with Crippen LogP contribution in [-0.4, -0.2) is 38.6 Å². The van der Waals surface area contributed by atoms with Gasteiger partial charge in [0.1, 0.15) is 0 Å². The average molecular weight is 279 g/mol. The highest BCUT2D eigenvalue weighted by Gasteiger charge is 2.10. The van der Waals surface area contributed by atoms with Crippen molar-refractivity contribution >= 4 is 17.5 Å². The maximum Gasteiger partial charge on any atom is 0.251 e. The number of amides is 2. The molecular weight excluding hydrogens is 258 g/mol. The first-order valence-corrected chi connectivity index (χ1v) is 6.45. The molecule has 0 heterocycles. The Labute approximate surface area is 118 Å². The fourth-order valence-corrected chi connectivity index (χ4v) is 1.67. The molecule has 0 aliphatic carbocycles. The number of nitrogens with one attached hydrogen (secondary N) is 2. The van der Waals surface area contributed by atoms with Gasteiger partial charge in [0.25, 0.3) is 5.91 Å². The first kappa shape index (κ1) is 16.0. The second kappa shape index (κ2) is 8.16. The molecule has 0 saturated carbocycles. The molecule has 1 aromatic rings. The zero-order valence-electron chi connectivity index (χ0n) is 11.9. The summed E-state index contributed by atoms with van der Waals surface area (Å²) in [6, 6.07) is 5.18. The van der Waals surface area contributed by atoms with Gasteiger partial charge in [-0.15, -0.1) is 0 Å². The van der Waals surface area contributed by atoms with E-state index in [0.29, 0.717) is 24.4 Å². The van der Waals surface area contributed by atoms with E-state index in [-0.39, 0.29) is 24.8 Å². The van der Waals surface area contributed by atoms with Crippen LogP contribution in [0.3, 0.4) is 0 Å². The third-order valence-corrected chi connectivity index (χ3v) is 2.89. The van der Waals surface area contributed by atoms with Crippen molar-refractivity contribution in [2.75, 3.05) is 32.5 Å². The Balaban J connectivity index is 2.37. The zero-order valence-corrected chi connectivity index (χ0v) is 11.9. The second-order valence-corrected chi connectivity index (χ2v) is 4.37. The lowest BCUT2D eigenvalue weighted by molar-refractivity contribution is -0.121.